The minimum atomic E-state index is -0.594. The maximum absolute atomic E-state index is 12.1. The number of hydrogen-bond acceptors (Lipinski definition) is 6. The van der Waals surface area contributed by atoms with Gasteiger partial charge in [-0.2, -0.15) is 5.10 Å². The zero-order valence-electron chi connectivity index (χ0n) is 13.8. The molecule has 0 fully saturated rings. The first kappa shape index (κ1) is 17.8. The van der Waals surface area contributed by atoms with Crippen LogP contribution in [0.5, 0.6) is 0 Å². The monoisotopic (exact) mass is 374 g/mol. The molecular formula is C18H15ClN2O5. The lowest BCUT2D eigenvalue weighted by Gasteiger charge is -2.04. The lowest BCUT2D eigenvalue weighted by molar-refractivity contribution is 0.0438. The van der Waals surface area contributed by atoms with Crippen LogP contribution >= 0.6 is 11.6 Å². The molecule has 0 aliphatic carbocycles. The Morgan fingerprint density at radius 3 is 2.77 bits per heavy atom. The molecule has 0 radical (unpaired) electrons. The van der Waals surface area contributed by atoms with Crippen molar-refractivity contribution in [1.82, 2.24) is 9.78 Å². The second-order valence-electron chi connectivity index (χ2n) is 5.35. The molecule has 0 saturated heterocycles. The first-order valence-electron chi connectivity index (χ1n) is 7.67. The second kappa shape index (κ2) is 7.88. The van der Waals surface area contributed by atoms with Gasteiger partial charge < -0.3 is 13.9 Å². The highest BCUT2D eigenvalue weighted by atomic mass is 35.5. The number of benzene rings is 1. The van der Waals surface area contributed by atoms with Gasteiger partial charge in [0.05, 0.1) is 25.4 Å². The van der Waals surface area contributed by atoms with Gasteiger partial charge in [-0.05, 0) is 23.8 Å². The standard InChI is InChI=1S/C18H15ClN2O5/c1-24-18(23)16-7-6-14(26-16)11-25-17(22)13-8-20-21(10-13)9-12-4-2-3-5-15(12)19/h2-8,10H,9,11H2,1H3. The summed E-state index contributed by atoms with van der Waals surface area (Å²) in [7, 11) is 1.25. The number of methoxy groups -OCH3 is 1. The third-order valence-corrected chi connectivity index (χ3v) is 3.92. The van der Waals surface area contributed by atoms with Gasteiger partial charge in [0, 0.05) is 11.2 Å². The summed E-state index contributed by atoms with van der Waals surface area (Å²) in [6, 6.07) is 10.4. The van der Waals surface area contributed by atoms with Crippen molar-refractivity contribution in [2.24, 2.45) is 0 Å². The predicted octanol–water partition coefficient (Wildman–Crippen LogP) is 3.32. The number of carbonyl (C=O) groups excluding carboxylic acids is 2. The molecule has 0 amide bonds. The van der Waals surface area contributed by atoms with E-state index >= 15 is 0 Å². The molecule has 2 heterocycles. The fourth-order valence-electron chi connectivity index (χ4n) is 2.24. The van der Waals surface area contributed by atoms with Crippen LogP contribution in [-0.4, -0.2) is 28.8 Å². The molecule has 0 atom stereocenters. The summed E-state index contributed by atoms with van der Waals surface area (Å²) < 4.78 is 16.5. The van der Waals surface area contributed by atoms with Gasteiger partial charge in [-0.3, -0.25) is 4.68 Å². The Morgan fingerprint density at radius 1 is 1.19 bits per heavy atom. The molecular weight excluding hydrogens is 360 g/mol. The summed E-state index contributed by atoms with van der Waals surface area (Å²) in [4.78, 5) is 23.4. The third kappa shape index (κ3) is 4.12. The van der Waals surface area contributed by atoms with Gasteiger partial charge in [-0.15, -0.1) is 0 Å². The van der Waals surface area contributed by atoms with Crippen molar-refractivity contribution in [3.8, 4) is 0 Å². The molecule has 0 aliphatic heterocycles. The molecule has 3 aromatic rings. The summed E-state index contributed by atoms with van der Waals surface area (Å²) in [6.07, 6.45) is 2.99. The first-order chi connectivity index (χ1) is 12.6. The predicted molar refractivity (Wildman–Crippen MR) is 91.9 cm³/mol. The Balaban J connectivity index is 1.59. The zero-order valence-corrected chi connectivity index (χ0v) is 14.6. The molecule has 0 saturated carbocycles. The highest BCUT2D eigenvalue weighted by molar-refractivity contribution is 6.31. The lowest BCUT2D eigenvalue weighted by atomic mass is 10.2. The van der Waals surface area contributed by atoms with Crippen molar-refractivity contribution < 1.29 is 23.5 Å². The van der Waals surface area contributed by atoms with E-state index in [2.05, 4.69) is 9.84 Å². The smallest absolute Gasteiger partial charge is 0.373 e. The maximum Gasteiger partial charge on any atom is 0.373 e. The molecule has 134 valence electrons. The van der Waals surface area contributed by atoms with E-state index in [0.29, 0.717) is 22.9 Å². The highest BCUT2D eigenvalue weighted by Gasteiger charge is 2.14. The lowest BCUT2D eigenvalue weighted by Crippen LogP contribution is -2.05. The van der Waals surface area contributed by atoms with Gasteiger partial charge in [-0.1, -0.05) is 29.8 Å². The zero-order chi connectivity index (χ0) is 18.5. The number of hydrogen-bond donors (Lipinski definition) is 0. The van der Waals surface area contributed by atoms with Crippen molar-refractivity contribution in [3.63, 3.8) is 0 Å². The Morgan fingerprint density at radius 2 is 2.00 bits per heavy atom. The Bertz CT molecular complexity index is 931. The van der Waals surface area contributed by atoms with Gasteiger partial charge in [0.15, 0.2) is 0 Å². The van der Waals surface area contributed by atoms with E-state index in [4.69, 9.17) is 20.8 Å². The average molecular weight is 375 g/mol. The van der Waals surface area contributed by atoms with Crippen LogP contribution in [0.4, 0.5) is 0 Å². The van der Waals surface area contributed by atoms with Crippen molar-refractivity contribution >= 4 is 23.5 Å². The third-order valence-electron chi connectivity index (χ3n) is 3.55. The van der Waals surface area contributed by atoms with Crippen LogP contribution in [0.3, 0.4) is 0 Å². The quantitative estimate of drug-likeness (QED) is 0.615. The van der Waals surface area contributed by atoms with Crippen LogP contribution in [0.1, 0.15) is 32.2 Å². The average Bonchev–Trinajstić information content (AvgIpc) is 3.30. The molecule has 8 heteroatoms. The van der Waals surface area contributed by atoms with Crippen LogP contribution in [0.25, 0.3) is 0 Å². The molecule has 2 aromatic heterocycles. The number of ether oxygens (including phenoxy) is 2. The molecule has 3 rings (SSSR count). The molecule has 0 unspecified atom stereocenters. The van der Waals surface area contributed by atoms with Crippen molar-refractivity contribution in [2.45, 2.75) is 13.2 Å². The number of rotatable bonds is 6. The first-order valence-corrected chi connectivity index (χ1v) is 8.04. The van der Waals surface area contributed by atoms with E-state index in [0.717, 1.165) is 5.56 Å². The number of aromatic nitrogens is 2. The normalized spacial score (nSPS) is 10.5. The van der Waals surface area contributed by atoms with Gasteiger partial charge in [0.25, 0.3) is 0 Å². The van der Waals surface area contributed by atoms with E-state index in [1.807, 2.05) is 18.2 Å². The van der Waals surface area contributed by atoms with E-state index in [9.17, 15) is 9.59 Å². The van der Waals surface area contributed by atoms with Gasteiger partial charge in [0.2, 0.25) is 5.76 Å². The Hall–Kier alpha value is -3.06. The summed E-state index contributed by atoms with van der Waals surface area (Å²) in [5, 5.41) is 4.77. The number of esters is 2. The minimum Gasteiger partial charge on any atom is -0.463 e. The summed E-state index contributed by atoms with van der Waals surface area (Å²) in [5.41, 5.74) is 1.19. The van der Waals surface area contributed by atoms with Gasteiger partial charge in [-0.25, -0.2) is 9.59 Å². The Labute approximate surface area is 154 Å². The highest BCUT2D eigenvalue weighted by Crippen LogP contribution is 2.16. The summed E-state index contributed by atoms with van der Waals surface area (Å²) >= 11 is 6.12. The van der Waals surface area contributed by atoms with E-state index in [-0.39, 0.29) is 12.4 Å². The van der Waals surface area contributed by atoms with Gasteiger partial charge >= 0.3 is 11.9 Å². The van der Waals surface area contributed by atoms with Crippen LogP contribution < -0.4 is 0 Å². The molecule has 0 spiro atoms. The minimum absolute atomic E-state index is 0.0473. The SMILES string of the molecule is COC(=O)c1ccc(COC(=O)c2cnn(Cc3ccccc3Cl)c2)o1. The number of nitrogens with zero attached hydrogens (tertiary/aromatic N) is 2. The number of carbonyl (C=O) groups is 2. The van der Waals surface area contributed by atoms with E-state index in [1.165, 1.54) is 19.4 Å². The largest absolute Gasteiger partial charge is 0.463 e. The topological polar surface area (TPSA) is 83.6 Å². The van der Waals surface area contributed by atoms with E-state index < -0.39 is 11.9 Å². The molecule has 1 aromatic carbocycles. The van der Waals surface area contributed by atoms with Crippen LogP contribution in [-0.2, 0) is 22.6 Å². The maximum atomic E-state index is 12.1. The van der Waals surface area contributed by atoms with Crippen LogP contribution in [0, 0.1) is 0 Å². The van der Waals surface area contributed by atoms with Crippen molar-refractivity contribution in [2.75, 3.05) is 7.11 Å². The van der Waals surface area contributed by atoms with Crippen molar-refractivity contribution in [1.29, 1.82) is 0 Å². The molecule has 0 N–H and O–H groups in total. The summed E-state index contributed by atoms with van der Waals surface area (Å²) in [5.74, 6) is -0.761. The van der Waals surface area contributed by atoms with Crippen LogP contribution in [0.2, 0.25) is 5.02 Å². The fraction of sp³-hybridized carbons (Fsp3) is 0.167. The number of halogens is 1. The number of furan rings is 1. The fourth-order valence-corrected chi connectivity index (χ4v) is 2.44. The van der Waals surface area contributed by atoms with Crippen molar-refractivity contribution in [3.05, 3.63) is 76.5 Å². The van der Waals surface area contributed by atoms with Crippen LogP contribution in [0.15, 0.2) is 53.2 Å². The second-order valence-corrected chi connectivity index (χ2v) is 5.76. The molecule has 0 aliphatic rings. The molecule has 26 heavy (non-hydrogen) atoms. The molecule has 0 bridgehead atoms. The summed E-state index contributed by atoms with van der Waals surface area (Å²) in [6.45, 7) is 0.332. The Kier molecular flexibility index (Phi) is 5.38. The molecule has 7 nitrogen and oxygen atoms in total. The van der Waals surface area contributed by atoms with Gasteiger partial charge in [0.1, 0.15) is 12.4 Å². The van der Waals surface area contributed by atoms with E-state index in [1.54, 1.807) is 23.0 Å².